The molecule has 0 spiro atoms. The van der Waals surface area contributed by atoms with E-state index >= 15 is 0 Å². The van der Waals surface area contributed by atoms with Gasteiger partial charge in [0.15, 0.2) is 0 Å². The van der Waals surface area contributed by atoms with Crippen molar-refractivity contribution in [2.24, 2.45) is 0 Å². The van der Waals surface area contributed by atoms with Crippen LogP contribution in [0, 0.1) is 0 Å². The largest absolute Gasteiger partial charge is 0.465 e. The van der Waals surface area contributed by atoms with E-state index in [0.29, 0.717) is 11.3 Å². The first kappa shape index (κ1) is 13.3. The van der Waals surface area contributed by atoms with Gasteiger partial charge in [-0.2, -0.15) is 0 Å². The number of aromatic amines is 1. The Bertz CT molecular complexity index is 778. The van der Waals surface area contributed by atoms with E-state index in [1.54, 1.807) is 18.3 Å². The van der Waals surface area contributed by atoms with Crippen LogP contribution in [0.1, 0.15) is 27.7 Å². The van der Waals surface area contributed by atoms with Crippen LogP contribution >= 0.6 is 0 Å². The predicted molar refractivity (Wildman–Crippen MR) is 77.9 cm³/mol. The van der Waals surface area contributed by atoms with Crippen molar-refractivity contribution in [3.05, 3.63) is 65.6 Å². The average molecular weight is 282 g/mol. The molecule has 0 amide bonds. The number of carbonyl (C=O) groups excluding carboxylic acids is 1. The van der Waals surface area contributed by atoms with E-state index in [0.717, 1.165) is 16.5 Å². The molecule has 0 aliphatic heterocycles. The molecule has 0 bridgehead atoms. The van der Waals surface area contributed by atoms with Gasteiger partial charge in [-0.1, -0.05) is 18.2 Å². The number of hydrogen-bond donors (Lipinski definition) is 2. The Balaban J connectivity index is 1.94. The van der Waals surface area contributed by atoms with Crippen LogP contribution in [0.15, 0.2) is 48.8 Å². The molecule has 0 saturated heterocycles. The highest BCUT2D eigenvalue weighted by Crippen LogP contribution is 2.27. The monoisotopic (exact) mass is 282 g/mol. The van der Waals surface area contributed by atoms with E-state index in [2.05, 4.69) is 14.7 Å². The molecule has 2 heterocycles. The first-order valence-electron chi connectivity index (χ1n) is 6.49. The second-order valence-electron chi connectivity index (χ2n) is 4.66. The van der Waals surface area contributed by atoms with Crippen molar-refractivity contribution in [2.75, 3.05) is 7.11 Å². The van der Waals surface area contributed by atoms with E-state index in [9.17, 15) is 9.90 Å². The minimum Gasteiger partial charge on any atom is -0.465 e. The zero-order chi connectivity index (χ0) is 14.8. The number of nitrogens with zero attached hydrogens (tertiary/aromatic N) is 1. The summed E-state index contributed by atoms with van der Waals surface area (Å²) in [4.78, 5) is 18.6. The molecule has 5 nitrogen and oxygen atoms in total. The van der Waals surface area contributed by atoms with Gasteiger partial charge in [0.1, 0.15) is 6.10 Å². The maximum atomic E-state index is 11.4. The molecule has 2 aromatic heterocycles. The van der Waals surface area contributed by atoms with Crippen LogP contribution in [0.5, 0.6) is 0 Å². The third-order valence-electron chi connectivity index (χ3n) is 3.40. The maximum Gasteiger partial charge on any atom is 0.339 e. The Labute approximate surface area is 121 Å². The van der Waals surface area contributed by atoms with Gasteiger partial charge < -0.3 is 14.8 Å². The topological polar surface area (TPSA) is 75.2 Å². The van der Waals surface area contributed by atoms with Gasteiger partial charge in [-0.25, -0.2) is 4.79 Å². The number of methoxy groups -OCH3 is 1. The summed E-state index contributed by atoms with van der Waals surface area (Å²) in [5, 5.41) is 11.4. The van der Waals surface area contributed by atoms with Gasteiger partial charge in [0, 0.05) is 28.9 Å². The van der Waals surface area contributed by atoms with Crippen molar-refractivity contribution < 1.29 is 14.6 Å². The van der Waals surface area contributed by atoms with Crippen LogP contribution in [-0.4, -0.2) is 28.2 Å². The van der Waals surface area contributed by atoms with Gasteiger partial charge in [-0.3, -0.25) is 4.98 Å². The smallest absolute Gasteiger partial charge is 0.339 e. The van der Waals surface area contributed by atoms with E-state index in [-0.39, 0.29) is 0 Å². The fraction of sp³-hybridized carbons (Fsp3) is 0.125. The number of para-hydroxylation sites is 1. The number of ether oxygens (including phenoxy) is 1. The fourth-order valence-electron chi connectivity index (χ4n) is 2.29. The van der Waals surface area contributed by atoms with Crippen LogP contribution in [0.4, 0.5) is 0 Å². The van der Waals surface area contributed by atoms with Crippen LogP contribution in [-0.2, 0) is 4.74 Å². The van der Waals surface area contributed by atoms with Crippen molar-refractivity contribution in [1.29, 1.82) is 0 Å². The molecule has 106 valence electrons. The van der Waals surface area contributed by atoms with Gasteiger partial charge in [0.05, 0.1) is 18.4 Å². The number of fused-ring (bicyclic) bond motifs is 1. The standard InChI is InChI=1S/C16H14N2O3/c1-21-16(20)10-6-7-14(17-8-10)15(19)12-9-18-13-5-3-2-4-11(12)13/h2-9,15,18-19H,1H3. The van der Waals surface area contributed by atoms with Crippen LogP contribution in [0.3, 0.4) is 0 Å². The quantitative estimate of drug-likeness (QED) is 0.723. The zero-order valence-electron chi connectivity index (χ0n) is 11.4. The Morgan fingerprint density at radius 1 is 1.29 bits per heavy atom. The molecule has 0 aliphatic rings. The molecule has 1 unspecified atom stereocenters. The number of pyridine rings is 1. The predicted octanol–water partition coefficient (Wildman–Crippen LogP) is 2.43. The highest BCUT2D eigenvalue weighted by atomic mass is 16.5. The van der Waals surface area contributed by atoms with Gasteiger partial charge in [-0.05, 0) is 18.2 Å². The highest BCUT2D eigenvalue weighted by Gasteiger charge is 2.17. The number of aliphatic hydroxyl groups excluding tert-OH is 1. The van der Waals surface area contributed by atoms with Crippen LogP contribution in [0.25, 0.3) is 10.9 Å². The number of nitrogens with one attached hydrogen (secondary N) is 1. The molecular weight excluding hydrogens is 268 g/mol. The summed E-state index contributed by atoms with van der Waals surface area (Å²) in [6.45, 7) is 0. The molecule has 0 saturated carbocycles. The number of esters is 1. The molecule has 3 rings (SSSR count). The molecule has 0 radical (unpaired) electrons. The molecule has 5 heteroatoms. The average Bonchev–Trinajstić information content (AvgIpc) is 2.97. The lowest BCUT2D eigenvalue weighted by Crippen LogP contribution is -2.05. The SMILES string of the molecule is COC(=O)c1ccc(C(O)c2c[nH]c3ccccc23)nc1. The highest BCUT2D eigenvalue weighted by molar-refractivity contribution is 5.89. The summed E-state index contributed by atoms with van der Waals surface area (Å²) in [6, 6.07) is 10.9. The van der Waals surface area contributed by atoms with Crippen molar-refractivity contribution >= 4 is 16.9 Å². The molecule has 2 N–H and O–H groups in total. The molecule has 0 fully saturated rings. The van der Waals surface area contributed by atoms with Crippen LogP contribution in [0.2, 0.25) is 0 Å². The first-order valence-corrected chi connectivity index (χ1v) is 6.49. The first-order chi connectivity index (χ1) is 10.2. The normalized spacial score (nSPS) is 12.3. The molecule has 0 aliphatic carbocycles. The Morgan fingerprint density at radius 3 is 2.81 bits per heavy atom. The summed E-state index contributed by atoms with van der Waals surface area (Å²) in [6.07, 6.45) is 2.32. The summed E-state index contributed by atoms with van der Waals surface area (Å²) in [5.41, 5.74) is 2.54. The van der Waals surface area contributed by atoms with E-state index in [1.165, 1.54) is 13.3 Å². The lowest BCUT2D eigenvalue weighted by atomic mass is 10.0. The van der Waals surface area contributed by atoms with Gasteiger partial charge in [0.25, 0.3) is 0 Å². The van der Waals surface area contributed by atoms with Gasteiger partial charge in [-0.15, -0.1) is 0 Å². The number of carbonyl (C=O) groups is 1. The summed E-state index contributed by atoms with van der Waals surface area (Å²) in [5.74, 6) is -0.448. The minimum absolute atomic E-state index is 0.354. The van der Waals surface area contributed by atoms with E-state index < -0.39 is 12.1 Å². The van der Waals surface area contributed by atoms with Gasteiger partial charge in [0.2, 0.25) is 0 Å². The molecule has 1 atom stereocenters. The van der Waals surface area contributed by atoms with E-state index in [4.69, 9.17) is 0 Å². The van der Waals surface area contributed by atoms with Crippen molar-refractivity contribution in [3.63, 3.8) is 0 Å². The molecule has 21 heavy (non-hydrogen) atoms. The molecule has 3 aromatic rings. The number of rotatable bonds is 3. The van der Waals surface area contributed by atoms with Crippen molar-refractivity contribution in [3.8, 4) is 0 Å². The molecule has 1 aromatic carbocycles. The fourth-order valence-corrected chi connectivity index (χ4v) is 2.29. The van der Waals surface area contributed by atoms with Crippen LogP contribution < -0.4 is 0 Å². The lowest BCUT2D eigenvalue weighted by molar-refractivity contribution is 0.0600. The number of benzene rings is 1. The number of hydrogen-bond acceptors (Lipinski definition) is 4. The van der Waals surface area contributed by atoms with E-state index in [1.807, 2.05) is 24.3 Å². The Morgan fingerprint density at radius 2 is 2.10 bits per heavy atom. The summed E-state index contributed by atoms with van der Waals surface area (Å²) >= 11 is 0. The third-order valence-corrected chi connectivity index (χ3v) is 3.40. The second-order valence-corrected chi connectivity index (χ2v) is 4.66. The minimum atomic E-state index is -0.854. The summed E-state index contributed by atoms with van der Waals surface area (Å²) < 4.78 is 4.62. The molecular formula is C16H14N2O3. The summed E-state index contributed by atoms with van der Waals surface area (Å²) in [7, 11) is 1.32. The Kier molecular flexibility index (Phi) is 3.41. The lowest BCUT2D eigenvalue weighted by Gasteiger charge is -2.09. The third kappa shape index (κ3) is 2.39. The van der Waals surface area contributed by atoms with Crippen molar-refractivity contribution in [2.45, 2.75) is 6.10 Å². The van der Waals surface area contributed by atoms with Gasteiger partial charge >= 0.3 is 5.97 Å². The number of aliphatic hydroxyl groups is 1. The number of aromatic nitrogens is 2. The number of H-pyrrole nitrogens is 1. The Hall–Kier alpha value is -2.66. The second kappa shape index (κ2) is 5.38. The van der Waals surface area contributed by atoms with Crippen molar-refractivity contribution in [1.82, 2.24) is 9.97 Å². The zero-order valence-corrected chi connectivity index (χ0v) is 11.4. The maximum absolute atomic E-state index is 11.4.